The van der Waals surface area contributed by atoms with Gasteiger partial charge in [-0.2, -0.15) is 0 Å². The van der Waals surface area contributed by atoms with Crippen LogP contribution >= 0.6 is 11.3 Å². The van der Waals surface area contributed by atoms with Crippen LogP contribution < -0.4 is 5.32 Å². The molecule has 0 radical (unpaired) electrons. The molecule has 0 spiro atoms. The molecule has 2 atom stereocenters. The number of aliphatic carboxylic acids is 1. The second kappa shape index (κ2) is 5.27. The minimum absolute atomic E-state index is 0.0596. The summed E-state index contributed by atoms with van der Waals surface area (Å²) in [5, 5.41) is 11.8. The number of carbonyl (C=O) groups excluding carboxylic acids is 1. The Labute approximate surface area is 103 Å². The third kappa shape index (κ3) is 2.82. The van der Waals surface area contributed by atoms with Gasteiger partial charge in [-0.15, -0.1) is 11.3 Å². The van der Waals surface area contributed by atoms with Crippen LogP contribution in [-0.4, -0.2) is 28.5 Å². The van der Waals surface area contributed by atoms with E-state index in [1.54, 1.807) is 5.51 Å². The highest BCUT2D eigenvalue weighted by Crippen LogP contribution is 2.31. The summed E-state index contributed by atoms with van der Waals surface area (Å²) in [6, 6.07) is 0. The molecule has 0 aromatic carbocycles. The first-order valence-corrected chi connectivity index (χ1v) is 6.46. The quantitative estimate of drug-likeness (QED) is 0.850. The van der Waals surface area contributed by atoms with E-state index in [1.807, 2.05) is 0 Å². The van der Waals surface area contributed by atoms with Crippen LogP contribution in [0.25, 0.3) is 0 Å². The molecule has 17 heavy (non-hydrogen) atoms. The van der Waals surface area contributed by atoms with Gasteiger partial charge in [-0.1, -0.05) is 6.42 Å². The summed E-state index contributed by atoms with van der Waals surface area (Å²) in [5.74, 6) is -1.16. The van der Waals surface area contributed by atoms with Crippen LogP contribution in [0.1, 0.15) is 28.9 Å². The van der Waals surface area contributed by atoms with E-state index in [1.165, 1.54) is 17.5 Å². The summed E-state index contributed by atoms with van der Waals surface area (Å²) in [6.45, 7) is 0.438. The second-order valence-corrected chi connectivity index (χ2v) is 5.10. The molecule has 92 valence electrons. The Bertz CT molecular complexity index is 405. The molecule has 1 saturated carbocycles. The Morgan fingerprint density at radius 3 is 3.00 bits per heavy atom. The molecule has 2 unspecified atom stereocenters. The van der Waals surface area contributed by atoms with Crippen molar-refractivity contribution in [2.75, 3.05) is 6.54 Å². The Morgan fingerprint density at radius 2 is 2.35 bits per heavy atom. The van der Waals surface area contributed by atoms with Gasteiger partial charge in [0.25, 0.3) is 5.91 Å². The van der Waals surface area contributed by atoms with Gasteiger partial charge < -0.3 is 10.4 Å². The number of hydrogen-bond donors (Lipinski definition) is 2. The highest BCUT2D eigenvalue weighted by Gasteiger charge is 2.32. The van der Waals surface area contributed by atoms with Crippen molar-refractivity contribution >= 4 is 23.2 Å². The first-order chi connectivity index (χ1) is 8.18. The molecule has 1 aromatic heterocycles. The van der Waals surface area contributed by atoms with E-state index in [2.05, 4.69) is 10.3 Å². The van der Waals surface area contributed by atoms with Gasteiger partial charge in [-0.05, 0) is 18.8 Å². The molecular formula is C11H14N2O3S. The molecule has 0 aliphatic heterocycles. The first kappa shape index (κ1) is 12.0. The van der Waals surface area contributed by atoms with Crippen molar-refractivity contribution in [2.45, 2.75) is 19.3 Å². The summed E-state index contributed by atoms with van der Waals surface area (Å²) in [4.78, 5) is 27.0. The van der Waals surface area contributed by atoms with Crippen LogP contribution in [0.15, 0.2) is 11.7 Å². The smallest absolute Gasteiger partial charge is 0.306 e. The Balaban J connectivity index is 1.86. The zero-order valence-electron chi connectivity index (χ0n) is 9.26. The van der Waals surface area contributed by atoms with Gasteiger partial charge in [0.05, 0.1) is 17.6 Å². The second-order valence-electron chi connectivity index (χ2n) is 4.21. The molecule has 0 bridgehead atoms. The molecule has 1 aliphatic rings. The van der Waals surface area contributed by atoms with E-state index in [4.69, 9.17) is 5.11 Å². The van der Waals surface area contributed by atoms with Crippen molar-refractivity contribution in [3.63, 3.8) is 0 Å². The molecular weight excluding hydrogens is 240 g/mol. The van der Waals surface area contributed by atoms with E-state index < -0.39 is 5.97 Å². The molecule has 0 saturated heterocycles. The Morgan fingerprint density at radius 1 is 1.53 bits per heavy atom. The van der Waals surface area contributed by atoms with Crippen LogP contribution in [0, 0.1) is 11.8 Å². The average molecular weight is 254 g/mol. The Kier molecular flexibility index (Phi) is 3.73. The molecule has 2 rings (SSSR count). The molecule has 1 amide bonds. The number of amides is 1. The lowest BCUT2D eigenvalue weighted by Crippen LogP contribution is -2.32. The van der Waals surface area contributed by atoms with E-state index in [0.29, 0.717) is 11.4 Å². The fourth-order valence-corrected chi connectivity index (χ4v) is 2.78. The number of aromatic nitrogens is 1. The maximum Gasteiger partial charge on any atom is 0.306 e. The van der Waals surface area contributed by atoms with E-state index in [-0.39, 0.29) is 17.7 Å². The monoisotopic (exact) mass is 254 g/mol. The van der Waals surface area contributed by atoms with Crippen molar-refractivity contribution in [3.8, 4) is 0 Å². The average Bonchev–Trinajstić information content (AvgIpc) is 2.96. The summed E-state index contributed by atoms with van der Waals surface area (Å²) in [5.41, 5.74) is 1.60. The predicted molar refractivity (Wildman–Crippen MR) is 62.9 cm³/mol. The summed E-state index contributed by atoms with van der Waals surface area (Å²) in [6.07, 6.45) is 4.04. The SMILES string of the molecule is O=C(NCC1CCCC1C(=O)O)c1cncs1. The van der Waals surface area contributed by atoms with E-state index >= 15 is 0 Å². The van der Waals surface area contributed by atoms with Crippen molar-refractivity contribution in [1.82, 2.24) is 10.3 Å². The first-order valence-electron chi connectivity index (χ1n) is 5.58. The molecule has 2 N–H and O–H groups in total. The topological polar surface area (TPSA) is 79.3 Å². The third-order valence-corrected chi connectivity index (χ3v) is 3.93. The fourth-order valence-electron chi connectivity index (χ4n) is 2.25. The van der Waals surface area contributed by atoms with Crippen molar-refractivity contribution in [2.24, 2.45) is 11.8 Å². The van der Waals surface area contributed by atoms with Crippen LogP contribution in [0.3, 0.4) is 0 Å². The Hall–Kier alpha value is -1.43. The minimum atomic E-state index is -0.750. The van der Waals surface area contributed by atoms with Gasteiger partial charge in [0.2, 0.25) is 0 Å². The number of thiazole rings is 1. The van der Waals surface area contributed by atoms with Crippen LogP contribution in [0.2, 0.25) is 0 Å². The standard InChI is InChI=1S/C11H14N2O3S/c14-10(9-5-12-6-17-9)13-4-7-2-1-3-8(7)11(15)16/h5-8H,1-4H2,(H,13,14)(H,15,16). The zero-order valence-corrected chi connectivity index (χ0v) is 10.1. The van der Waals surface area contributed by atoms with Crippen LogP contribution in [0.4, 0.5) is 0 Å². The summed E-state index contributed by atoms with van der Waals surface area (Å²) in [7, 11) is 0. The lowest BCUT2D eigenvalue weighted by atomic mass is 9.96. The van der Waals surface area contributed by atoms with Gasteiger partial charge in [0.1, 0.15) is 4.88 Å². The van der Waals surface area contributed by atoms with Gasteiger partial charge in [0.15, 0.2) is 0 Å². The van der Waals surface area contributed by atoms with E-state index in [0.717, 1.165) is 19.3 Å². The summed E-state index contributed by atoms with van der Waals surface area (Å²) >= 11 is 1.28. The predicted octanol–water partition coefficient (Wildman–Crippen LogP) is 1.37. The fraction of sp³-hybridized carbons (Fsp3) is 0.545. The highest BCUT2D eigenvalue weighted by atomic mass is 32.1. The van der Waals surface area contributed by atoms with Gasteiger partial charge in [-0.25, -0.2) is 0 Å². The number of carbonyl (C=O) groups is 2. The van der Waals surface area contributed by atoms with Crippen molar-refractivity contribution in [1.29, 1.82) is 0 Å². The normalized spacial score (nSPS) is 23.5. The lowest BCUT2D eigenvalue weighted by Gasteiger charge is -2.15. The zero-order chi connectivity index (χ0) is 12.3. The van der Waals surface area contributed by atoms with Crippen LogP contribution in [0.5, 0.6) is 0 Å². The number of rotatable bonds is 4. The van der Waals surface area contributed by atoms with Crippen molar-refractivity contribution < 1.29 is 14.7 Å². The number of carboxylic acid groups (broad SMARTS) is 1. The number of carboxylic acids is 1. The molecule has 1 heterocycles. The van der Waals surface area contributed by atoms with Crippen LogP contribution in [-0.2, 0) is 4.79 Å². The van der Waals surface area contributed by atoms with Gasteiger partial charge >= 0.3 is 5.97 Å². The lowest BCUT2D eigenvalue weighted by molar-refractivity contribution is -0.142. The molecule has 5 nitrogen and oxygen atoms in total. The third-order valence-electron chi connectivity index (χ3n) is 3.16. The number of nitrogens with zero attached hydrogens (tertiary/aromatic N) is 1. The van der Waals surface area contributed by atoms with Gasteiger partial charge in [-0.3, -0.25) is 14.6 Å². The maximum absolute atomic E-state index is 11.7. The molecule has 1 aromatic rings. The molecule has 1 aliphatic carbocycles. The highest BCUT2D eigenvalue weighted by molar-refractivity contribution is 7.11. The molecule has 1 fully saturated rings. The number of hydrogen-bond acceptors (Lipinski definition) is 4. The van der Waals surface area contributed by atoms with Gasteiger partial charge in [0, 0.05) is 6.54 Å². The number of nitrogens with one attached hydrogen (secondary N) is 1. The minimum Gasteiger partial charge on any atom is -0.481 e. The van der Waals surface area contributed by atoms with Crippen molar-refractivity contribution in [3.05, 3.63) is 16.6 Å². The summed E-state index contributed by atoms with van der Waals surface area (Å²) < 4.78 is 0. The largest absolute Gasteiger partial charge is 0.481 e. The van der Waals surface area contributed by atoms with E-state index in [9.17, 15) is 9.59 Å². The maximum atomic E-state index is 11.7. The molecule has 6 heteroatoms.